The van der Waals surface area contributed by atoms with Crippen molar-refractivity contribution in [3.63, 3.8) is 0 Å². The van der Waals surface area contributed by atoms with Crippen LogP contribution < -0.4 is 15.0 Å². The van der Waals surface area contributed by atoms with E-state index in [1.165, 1.54) is 0 Å². The maximum absolute atomic E-state index is 12.2. The molecule has 4 heteroatoms. The van der Waals surface area contributed by atoms with Crippen LogP contribution in [-0.4, -0.2) is 32.1 Å². The first-order valence-corrected chi connectivity index (χ1v) is 6.56. The van der Waals surface area contributed by atoms with Gasteiger partial charge in [-0.15, -0.1) is 0 Å². The van der Waals surface area contributed by atoms with E-state index in [1.807, 2.05) is 36.1 Å². The highest BCUT2D eigenvalue weighted by molar-refractivity contribution is 5.94. The second kappa shape index (κ2) is 6.40. The largest absolute Gasteiger partial charge is 0.492 e. The summed E-state index contributed by atoms with van der Waals surface area (Å²) in [5.41, 5.74) is 0.882. The van der Waals surface area contributed by atoms with Gasteiger partial charge in [0.25, 0.3) is 0 Å². The van der Waals surface area contributed by atoms with Crippen LogP contribution in [0.4, 0.5) is 5.69 Å². The molecule has 98 valence electrons. The predicted octanol–water partition coefficient (Wildman–Crippen LogP) is 1.80. The Bertz CT molecular complexity index is 407. The molecule has 0 atom stereocenters. The Balaban J connectivity index is 2.23. The molecule has 1 heterocycles. The Morgan fingerprint density at radius 2 is 2.17 bits per heavy atom. The average molecular weight is 248 g/mol. The highest BCUT2D eigenvalue weighted by Crippen LogP contribution is 2.28. The Morgan fingerprint density at radius 3 is 3.00 bits per heavy atom. The predicted molar refractivity (Wildman–Crippen MR) is 72.1 cm³/mol. The zero-order chi connectivity index (χ0) is 12.8. The van der Waals surface area contributed by atoms with Crippen LogP contribution in [0.25, 0.3) is 0 Å². The van der Waals surface area contributed by atoms with Crippen LogP contribution in [-0.2, 0) is 4.79 Å². The van der Waals surface area contributed by atoms with Crippen LogP contribution in [0, 0.1) is 0 Å². The highest BCUT2D eigenvalue weighted by Gasteiger charge is 2.19. The summed E-state index contributed by atoms with van der Waals surface area (Å²) in [4.78, 5) is 14.0. The third-order valence-electron chi connectivity index (χ3n) is 3.01. The Hall–Kier alpha value is -1.55. The molecule has 0 saturated carbocycles. The van der Waals surface area contributed by atoms with Crippen LogP contribution in [0.5, 0.6) is 5.75 Å². The van der Waals surface area contributed by atoms with Crippen LogP contribution in [0.15, 0.2) is 24.3 Å². The van der Waals surface area contributed by atoms with Gasteiger partial charge in [-0.1, -0.05) is 12.1 Å². The molecular weight excluding hydrogens is 228 g/mol. The molecular formula is C14H20N2O2. The molecule has 1 amide bonds. The fourth-order valence-corrected chi connectivity index (χ4v) is 2.15. The smallest absolute Gasteiger partial charge is 0.227 e. The van der Waals surface area contributed by atoms with Crippen molar-refractivity contribution in [1.82, 2.24) is 5.32 Å². The number of hydrogen-bond donors (Lipinski definition) is 1. The number of nitrogens with one attached hydrogen (secondary N) is 1. The topological polar surface area (TPSA) is 41.6 Å². The lowest BCUT2D eigenvalue weighted by atomic mass is 10.2. The lowest BCUT2D eigenvalue weighted by Crippen LogP contribution is -2.40. The molecule has 0 spiro atoms. The van der Waals surface area contributed by atoms with Gasteiger partial charge in [0.15, 0.2) is 0 Å². The second-order valence-corrected chi connectivity index (χ2v) is 4.30. The van der Waals surface area contributed by atoms with E-state index in [0.717, 1.165) is 30.9 Å². The number of rotatable bonds is 3. The van der Waals surface area contributed by atoms with Crippen molar-refractivity contribution in [2.45, 2.75) is 19.8 Å². The van der Waals surface area contributed by atoms with E-state index in [2.05, 4.69) is 5.32 Å². The van der Waals surface area contributed by atoms with Crippen molar-refractivity contribution in [3.8, 4) is 5.75 Å². The SMILES string of the molecule is CCOc1ccccc1N1CCNCCCC1=O. The summed E-state index contributed by atoms with van der Waals surface area (Å²) in [6, 6.07) is 7.74. The molecule has 0 aliphatic carbocycles. The number of carbonyl (C=O) groups excluding carboxylic acids is 1. The van der Waals surface area contributed by atoms with Crippen molar-refractivity contribution < 1.29 is 9.53 Å². The molecule has 18 heavy (non-hydrogen) atoms. The fraction of sp³-hybridized carbons (Fsp3) is 0.500. The van der Waals surface area contributed by atoms with Crippen molar-refractivity contribution in [1.29, 1.82) is 0 Å². The van der Waals surface area contributed by atoms with E-state index in [9.17, 15) is 4.79 Å². The first kappa shape index (κ1) is 12.9. The summed E-state index contributed by atoms with van der Waals surface area (Å²) in [6.07, 6.45) is 1.49. The van der Waals surface area contributed by atoms with Crippen LogP contribution in [0.3, 0.4) is 0 Å². The Morgan fingerprint density at radius 1 is 1.33 bits per heavy atom. The molecule has 1 N–H and O–H groups in total. The van der Waals surface area contributed by atoms with E-state index in [0.29, 0.717) is 19.6 Å². The van der Waals surface area contributed by atoms with Crippen LogP contribution >= 0.6 is 0 Å². The zero-order valence-corrected chi connectivity index (χ0v) is 10.8. The van der Waals surface area contributed by atoms with Crippen molar-refractivity contribution in [2.75, 3.05) is 31.1 Å². The number of benzene rings is 1. The molecule has 0 radical (unpaired) electrons. The number of carbonyl (C=O) groups is 1. The van der Waals surface area contributed by atoms with Crippen molar-refractivity contribution >= 4 is 11.6 Å². The molecule has 0 unspecified atom stereocenters. The monoisotopic (exact) mass is 248 g/mol. The molecule has 1 saturated heterocycles. The highest BCUT2D eigenvalue weighted by atomic mass is 16.5. The zero-order valence-electron chi connectivity index (χ0n) is 10.8. The molecule has 0 aromatic heterocycles. The van der Waals surface area contributed by atoms with Gasteiger partial charge in [-0.25, -0.2) is 0 Å². The third-order valence-corrected chi connectivity index (χ3v) is 3.01. The number of nitrogens with zero attached hydrogens (tertiary/aromatic N) is 1. The number of ether oxygens (including phenoxy) is 1. The number of anilines is 1. The summed E-state index contributed by atoms with van der Waals surface area (Å²) < 4.78 is 5.60. The minimum Gasteiger partial charge on any atom is -0.492 e. The molecule has 1 aromatic carbocycles. The summed E-state index contributed by atoms with van der Waals surface area (Å²) >= 11 is 0. The van der Waals surface area contributed by atoms with E-state index < -0.39 is 0 Å². The molecule has 4 nitrogen and oxygen atoms in total. The van der Waals surface area contributed by atoms with E-state index in [1.54, 1.807) is 0 Å². The summed E-state index contributed by atoms with van der Waals surface area (Å²) in [6.45, 7) is 5.01. The maximum atomic E-state index is 12.2. The van der Waals surface area contributed by atoms with Crippen molar-refractivity contribution in [2.24, 2.45) is 0 Å². The number of amides is 1. The van der Waals surface area contributed by atoms with Crippen LogP contribution in [0.1, 0.15) is 19.8 Å². The van der Waals surface area contributed by atoms with Gasteiger partial charge in [-0.3, -0.25) is 4.79 Å². The van der Waals surface area contributed by atoms with E-state index in [4.69, 9.17) is 4.74 Å². The van der Waals surface area contributed by atoms with Gasteiger partial charge >= 0.3 is 0 Å². The summed E-state index contributed by atoms with van der Waals surface area (Å²) in [5, 5.41) is 3.32. The molecule has 1 fully saturated rings. The van der Waals surface area contributed by atoms with E-state index >= 15 is 0 Å². The van der Waals surface area contributed by atoms with Gasteiger partial charge in [-0.2, -0.15) is 0 Å². The van der Waals surface area contributed by atoms with Gasteiger partial charge in [0, 0.05) is 19.5 Å². The molecule has 1 aliphatic heterocycles. The quantitative estimate of drug-likeness (QED) is 0.887. The van der Waals surface area contributed by atoms with Gasteiger partial charge < -0.3 is 15.0 Å². The first-order chi connectivity index (χ1) is 8.83. The minimum absolute atomic E-state index is 0.184. The Labute approximate surface area is 108 Å². The molecule has 1 aliphatic rings. The van der Waals surface area contributed by atoms with Gasteiger partial charge in [0.1, 0.15) is 5.75 Å². The molecule has 2 rings (SSSR count). The van der Waals surface area contributed by atoms with Crippen molar-refractivity contribution in [3.05, 3.63) is 24.3 Å². The summed E-state index contributed by atoms with van der Waals surface area (Å²) in [7, 11) is 0. The molecule has 0 bridgehead atoms. The lowest BCUT2D eigenvalue weighted by Gasteiger charge is -2.27. The number of para-hydroxylation sites is 2. The van der Waals surface area contributed by atoms with E-state index in [-0.39, 0.29) is 5.91 Å². The average Bonchev–Trinajstić information content (AvgIpc) is 2.36. The standard InChI is InChI=1S/C14H20N2O2/c1-2-18-13-7-4-3-6-12(13)16-11-10-15-9-5-8-14(16)17/h3-4,6-7,15H,2,5,8-11H2,1H3. The lowest BCUT2D eigenvalue weighted by molar-refractivity contribution is -0.118. The van der Waals surface area contributed by atoms with Gasteiger partial charge in [0.05, 0.1) is 12.3 Å². The van der Waals surface area contributed by atoms with Gasteiger partial charge in [0.2, 0.25) is 5.91 Å². The Kier molecular flexibility index (Phi) is 4.59. The van der Waals surface area contributed by atoms with Gasteiger partial charge in [-0.05, 0) is 32.0 Å². The summed E-state index contributed by atoms with van der Waals surface area (Å²) in [5.74, 6) is 0.970. The maximum Gasteiger partial charge on any atom is 0.227 e. The first-order valence-electron chi connectivity index (χ1n) is 6.56. The molecule has 1 aromatic rings. The fourth-order valence-electron chi connectivity index (χ4n) is 2.15. The minimum atomic E-state index is 0.184. The normalized spacial score (nSPS) is 17.2. The third kappa shape index (κ3) is 3.01. The van der Waals surface area contributed by atoms with Crippen LogP contribution in [0.2, 0.25) is 0 Å². The number of hydrogen-bond acceptors (Lipinski definition) is 3. The second-order valence-electron chi connectivity index (χ2n) is 4.30.